The largest absolute Gasteiger partial charge is 0.508 e. The molecule has 1 aromatic carbocycles. The van der Waals surface area contributed by atoms with Crippen molar-refractivity contribution in [2.45, 2.75) is 0 Å². The van der Waals surface area contributed by atoms with E-state index in [9.17, 15) is 5.11 Å². The first-order chi connectivity index (χ1) is 6.75. The lowest BCUT2D eigenvalue weighted by molar-refractivity contribution is 0.475. The van der Waals surface area contributed by atoms with Gasteiger partial charge in [-0.15, -0.1) is 0 Å². The highest BCUT2D eigenvalue weighted by atomic mass is 79.9. The molecule has 0 radical (unpaired) electrons. The maximum atomic E-state index is 9.29. The van der Waals surface area contributed by atoms with Gasteiger partial charge in [0, 0.05) is 16.2 Å². The van der Waals surface area contributed by atoms with Gasteiger partial charge in [0.1, 0.15) is 5.75 Å². The number of rotatable bonds is 1. The molecule has 0 amide bonds. The maximum absolute atomic E-state index is 9.29. The molecule has 0 aliphatic heterocycles. The van der Waals surface area contributed by atoms with Crippen LogP contribution in [0.3, 0.4) is 0 Å². The van der Waals surface area contributed by atoms with Gasteiger partial charge in [0.15, 0.2) is 0 Å². The number of phenols is 1. The van der Waals surface area contributed by atoms with E-state index < -0.39 is 0 Å². The number of aromatic hydroxyl groups is 1. The Bertz CT molecular complexity index is 439. The Morgan fingerprint density at radius 2 is 2.00 bits per heavy atom. The van der Waals surface area contributed by atoms with E-state index >= 15 is 0 Å². The van der Waals surface area contributed by atoms with Crippen LogP contribution in [0.5, 0.6) is 5.75 Å². The summed E-state index contributed by atoms with van der Waals surface area (Å²) in [5.74, 6) is 0.257. The van der Waals surface area contributed by atoms with Gasteiger partial charge in [-0.05, 0) is 40.2 Å². The SMILES string of the molecule is Oc1cccc(-c2ccc(Br)cn2)c1. The third kappa shape index (κ3) is 1.93. The summed E-state index contributed by atoms with van der Waals surface area (Å²) in [6.45, 7) is 0. The van der Waals surface area contributed by atoms with Crippen LogP contribution in [0, 0.1) is 0 Å². The molecule has 70 valence electrons. The molecule has 0 spiro atoms. The van der Waals surface area contributed by atoms with Gasteiger partial charge in [-0.1, -0.05) is 12.1 Å². The fourth-order valence-electron chi connectivity index (χ4n) is 1.21. The maximum Gasteiger partial charge on any atom is 0.116 e. The van der Waals surface area contributed by atoms with Crippen molar-refractivity contribution in [2.24, 2.45) is 0 Å². The van der Waals surface area contributed by atoms with Crippen LogP contribution in [-0.2, 0) is 0 Å². The number of pyridine rings is 1. The van der Waals surface area contributed by atoms with E-state index in [1.54, 1.807) is 24.4 Å². The van der Waals surface area contributed by atoms with Crippen molar-refractivity contribution in [1.82, 2.24) is 4.98 Å². The van der Waals surface area contributed by atoms with Crippen molar-refractivity contribution in [3.63, 3.8) is 0 Å². The number of benzene rings is 1. The van der Waals surface area contributed by atoms with Gasteiger partial charge in [-0.2, -0.15) is 0 Å². The van der Waals surface area contributed by atoms with E-state index in [1.165, 1.54) is 0 Å². The summed E-state index contributed by atoms with van der Waals surface area (Å²) in [5.41, 5.74) is 1.77. The van der Waals surface area contributed by atoms with E-state index in [4.69, 9.17) is 0 Å². The second-order valence-electron chi connectivity index (χ2n) is 2.91. The smallest absolute Gasteiger partial charge is 0.116 e. The Hall–Kier alpha value is -1.35. The van der Waals surface area contributed by atoms with Crippen LogP contribution in [-0.4, -0.2) is 10.1 Å². The van der Waals surface area contributed by atoms with Gasteiger partial charge in [0.2, 0.25) is 0 Å². The molecule has 0 aliphatic rings. The predicted octanol–water partition coefficient (Wildman–Crippen LogP) is 3.22. The van der Waals surface area contributed by atoms with Crippen LogP contribution in [0.15, 0.2) is 47.1 Å². The van der Waals surface area contributed by atoms with Crippen molar-refractivity contribution in [1.29, 1.82) is 0 Å². The van der Waals surface area contributed by atoms with Crippen LogP contribution < -0.4 is 0 Å². The summed E-state index contributed by atoms with van der Waals surface area (Å²) in [6, 6.07) is 10.9. The number of aromatic nitrogens is 1. The summed E-state index contributed by atoms with van der Waals surface area (Å²) in [6.07, 6.45) is 1.74. The molecule has 3 heteroatoms. The van der Waals surface area contributed by atoms with Crippen LogP contribution in [0.25, 0.3) is 11.3 Å². The Morgan fingerprint density at radius 1 is 1.14 bits per heavy atom. The molecule has 0 saturated heterocycles. The first-order valence-electron chi connectivity index (χ1n) is 4.17. The molecular weight excluding hydrogens is 242 g/mol. The highest BCUT2D eigenvalue weighted by Crippen LogP contribution is 2.22. The first-order valence-corrected chi connectivity index (χ1v) is 4.96. The van der Waals surface area contributed by atoms with Crippen LogP contribution >= 0.6 is 15.9 Å². The Morgan fingerprint density at radius 3 is 2.64 bits per heavy atom. The fourth-order valence-corrected chi connectivity index (χ4v) is 1.45. The van der Waals surface area contributed by atoms with E-state index in [0.717, 1.165) is 15.7 Å². The van der Waals surface area contributed by atoms with Crippen molar-refractivity contribution in [2.75, 3.05) is 0 Å². The number of phenolic OH excluding ortho intramolecular Hbond substituents is 1. The number of hydrogen-bond donors (Lipinski definition) is 1. The molecule has 1 N–H and O–H groups in total. The molecule has 1 heterocycles. The zero-order valence-electron chi connectivity index (χ0n) is 7.31. The fraction of sp³-hybridized carbons (Fsp3) is 0. The number of nitrogens with zero attached hydrogens (tertiary/aromatic N) is 1. The van der Waals surface area contributed by atoms with Gasteiger partial charge < -0.3 is 5.11 Å². The van der Waals surface area contributed by atoms with E-state index in [2.05, 4.69) is 20.9 Å². The standard InChI is InChI=1S/C11H8BrNO/c12-9-4-5-11(13-7-9)8-2-1-3-10(14)6-8/h1-7,14H. The molecule has 0 saturated carbocycles. The molecular formula is C11H8BrNO. The predicted molar refractivity (Wildman–Crippen MR) is 59.0 cm³/mol. The van der Waals surface area contributed by atoms with E-state index in [-0.39, 0.29) is 5.75 Å². The summed E-state index contributed by atoms with van der Waals surface area (Å²) >= 11 is 3.32. The average Bonchev–Trinajstić information content (AvgIpc) is 2.19. The zero-order chi connectivity index (χ0) is 9.97. The Balaban J connectivity index is 2.44. The van der Waals surface area contributed by atoms with Crippen LogP contribution in [0.4, 0.5) is 0 Å². The second kappa shape index (κ2) is 3.80. The highest BCUT2D eigenvalue weighted by Gasteiger charge is 1.99. The van der Waals surface area contributed by atoms with Gasteiger partial charge >= 0.3 is 0 Å². The molecule has 14 heavy (non-hydrogen) atoms. The zero-order valence-corrected chi connectivity index (χ0v) is 8.90. The van der Waals surface area contributed by atoms with Crippen molar-refractivity contribution >= 4 is 15.9 Å². The summed E-state index contributed by atoms with van der Waals surface area (Å²) in [5, 5.41) is 9.29. The van der Waals surface area contributed by atoms with Crippen molar-refractivity contribution < 1.29 is 5.11 Å². The van der Waals surface area contributed by atoms with E-state index in [0.29, 0.717) is 0 Å². The minimum atomic E-state index is 0.257. The van der Waals surface area contributed by atoms with Crippen LogP contribution in [0.2, 0.25) is 0 Å². The summed E-state index contributed by atoms with van der Waals surface area (Å²) in [7, 11) is 0. The lowest BCUT2D eigenvalue weighted by atomic mass is 10.1. The third-order valence-corrected chi connectivity index (χ3v) is 2.34. The molecule has 1 aromatic heterocycles. The minimum absolute atomic E-state index is 0.257. The highest BCUT2D eigenvalue weighted by molar-refractivity contribution is 9.10. The topological polar surface area (TPSA) is 33.1 Å². The Kier molecular flexibility index (Phi) is 2.50. The summed E-state index contributed by atoms with van der Waals surface area (Å²) in [4.78, 5) is 4.23. The van der Waals surface area contributed by atoms with Crippen molar-refractivity contribution in [3.05, 3.63) is 47.1 Å². The molecule has 0 unspecified atom stereocenters. The molecule has 0 atom stereocenters. The van der Waals surface area contributed by atoms with Crippen LogP contribution in [0.1, 0.15) is 0 Å². The summed E-state index contributed by atoms with van der Waals surface area (Å²) < 4.78 is 0.946. The second-order valence-corrected chi connectivity index (χ2v) is 3.83. The van der Waals surface area contributed by atoms with Gasteiger partial charge in [0.05, 0.1) is 5.69 Å². The monoisotopic (exact) mass is 249 g/mol. The minimum Gasteiger partial charge on any atom is -0.508 e. The Labute approximate surface area is 90.4 Å². The molecule has 2 nitrogen and oxygen atoms in total. The molecule has 2 rings (SSSR count). The molecule has 0 aliphatic carbocycles. The first kappa shape index (κ1) is 9.21. The average molecular weight is 250 g/mol. The third-order valence-electron chi connectivity index (χ3n) is 1.87. The van der Waals surface area contributed by atoms with Gasteiger partial charge in [0.25, 0.3) is 0 Å². The molecule has 2 aromatic rings. The van der Waals surface area contributed by atoms with Gasteiger partial charge in [-0.25, -0.2) is 0 Å². The lowest BCUT2D eigenvalue weighted by Gasteiger charge is -2.00. The van der Waals surface area contributed by atoms with Crippen molar-refractivity contribution in [3.8, 4) is 17.0 Å². The normalized spacial score (nSPS) is 10.1. The quantitative estimate of drug-likeness (QED) is 0.842. The van der Waals surface area contributed by atoms with E-state index in [1.807, 2.05) is 18.2 Å². The molecule has 0 bridgehead atoms. The molecule has 0 fully saturated rings. The van der Waals surface area contributed by atoms with Gasteiger partial charge in [-0.3, -0.25) is 4.98 Å². The lowest BCUT2D eigenvalue weighted by Crippen LogP contribution is -1.81. The number of halogens is 1. The number of hydrogen-bond acceptors (Lipinski definition) is 2.